The zero-order chi connectivity index (χ0) is 14.5. The maximum Gasteiger partial charge on any atom is 0.152 e. The van der Waals surface area contributed by atoms with Crippen molar-refractivity contribution in [2.75, 3.05) is 5.73 Å². The number of aryl methyl sites for hydroxylation is 1. The van der Waals surface area contributed by atoms with E-state index in [0.717, 1.165) is 22.2 Å². The Bertz CT molecular complexity index is 805. The Kier molecular flexibility index (Phi) is 3.82. The van der Waals surface area contributed by atoms with Gasteiger partial charge < -0.3 is 15.4 Å². The number of rotatable bonds is 2. The third-order valence-electron chi connectivity index (χ3n) is 3.35. The van der Waals surface area contributed by atoms with Crippen LogP contribution >= 0.6 is 12.4 Å². The summed E-state index contributed by atoms with van der Waals surface area (Å²) in [6, 6.07) is 7.84. The van der Waals surface area contributed by atoms with Crippen LogP contribution in [0.1, 0.15) is 19.7 Å². The second kappa shape index (κ2) is 5.16. The second-order valence-electron chi connectivity index (χ2n) is 5.77. The van der Waals surface area contributed by atoms with Crippen molar-refractivity contribution in [1.29, 1.82) is 0 Å². The Balaban J connectivity index is 0.00000161. The third-order valence-corrected chi connectivity index (χ3v) is 3.35. The number of aromatic nitrogens is 3. The van der Waals surface area contributed by atoms with Crippen molar-refractivity contribution in [2.45, 2.75) is 32.9 Å². The Morgan fingerprint density at radius 2 is 1.90 bits per heavy atom. The number of imidazole rings is 1. The van der Waals surface area contributed by atoms with Crippen molar-refractivity contribution in [3.05, 3.63) is 30.1 Å². The molecule has 0 saturated heterocycles. The summed E-state index contributed by atoms with van der Waals surface area (Å²) < 4.78 is 2.01. The molecule has 0 unspecified atom stereocenters. The van der Waals surface area contributed by atoms with E-state index >= 15 is 0 Å². The van der Waals surface area contributed by atoms with E-state index in [-0.39, 0.29) is 12.4 Å². The molecule has 0 aliphatic rings. The molecule has 0 radical (unpaired) electrons. The Morgan fingerprint density at radius 1 is 1.24 bits per heavy atom. The quantitative estimate of drug-likeness (QED) is 0.763. The smallest absolute Gasteiger partial charge is 0.152 e. The van der Waals surface area contributed by atoms with Crippen molar-refractivity contribution < 1.29 is 5.11 Å². The minimum Gasteiger partial charge on any atom is -0.389 e. The van der Waals surface area contributed by atoms with Crippen LogP contribution in [0, 0.1) is 6.92 Å². The summed E-state index contributed by atoms with van der Waals surface area (Å²) in [6.45, 7) is 5.94. The molecular formula is C15H19ClN4O. The van der Waals surface area contributed by atoms with Gasteiger partial charge in [-0.1, -0.05) is 18.2 Å². The van der Waals surface area contributed by atoms with Gasteiger partial charge in [-0.15, -0.1) is 12.4 Å². The fraction of sp³-hybridized carbons (Fsp3) is 0.333. The maximum atomic E-state index is 10.1. The molecule has 3 N–H and O–H groups in total. The lowest BCUT2D eigenvalue weighted by Crippen LogP contribution is -2.26. The highest BCUT2D eigenvalue weighted by molar-refractivity contribution is 6.06. The van der Waals surface area contributed by atoms with Crippen molar-refractivity contribution >= 4 is 40.2 Å². The van der Waals surface area contributed by atoms with Gasteiger partial charge in [-0.25, -0.2) is 9.97 Å². The second-order valence-corrected chi connectivity index (χ2v) is 5.77. The monoisotopic (exact) mass is 306 g/mol. The molecule has 2 heterocycles. The molecule has 0 aliphatic carbocycles. The Labute approximate surface area is 129 Å². The number of aliphatic hydroxyl groups is 1. The zero-order valence-electron chi connectivity index (χ0n) is 12.3. The van der Waals surface area contributed by atoms with Gasteiger partial charge in [0.15, 0.2) is 5.82 Å². The van der Waals surface area contributed by atoms with Crippen LogP contribution in [0.15, 0.2) is 24.3 Å². The predicted molar refractivity (Wildman–Crippen MR) is 87.7 cm³/mol. The van der Waals surface area contributed by atoms with Gasteiger partial charge in [0.05, 0.1) is 23.2 Å². The van der Waals surface area contributed by atoms with E-state index in [2.05, 4.69) is 9.97 Å². The van der Waals surface area contributed by atoms with E-state index in [9.17, 15) is 5.11 Å². The van der Waals surface area contributed by atoms with Crippen LogP contribution in [-0.4, -0.2) is 25.2 Å². The molecule has 0 amide bonds. The van der Waals surface area contributed by atoms with Gasteiger partial charge >= 0.3 is 0 Å². The molecule has 2 aromatic heterocycles. The lowest BCUT2D eigenvalue weighted by molar-refractivity contribution is 0.0621. The molecule has 6 heteroatoms. The average molecular weight is 307 g/mol. The highest BCUT2D eigenvalue weighted by Gasteiger charge is 2.20. The van der Waals surface area contributed by atoms with Crippen LogP contribution in [0.3, 0.4) is 0 Å². The third kappa shape index (κ3) is 2.66. The SMILES string of the molecule is Cc1nc2c(N)nc3ccccc3c2n1CC(C)(C)O.Cl. The number of hydrogen-bond acceptors (Lipinski definition) is 4. The van der Waals surface area contributed by atoms with Gasteiger partial charge in [0.2, 0.25) is 0 Å². The van der Waals surface area contributed by atoms with Gasteiger partial charge in [-0.05, 0) is 26.8 Å². The summed E-state index contributed by atoms with van der Waals surface area (Å²) in [6.07, 6.45) is 0. The number of para-hydroxylation sites is 1. The van der Waals surface area contributed by atoms with Gasteiger partial charge in [-0.3, -0.25) is 0 Å². The first kappa shape index (κ1) is 15.5. The van der Waals surface area contributed by atoms with Crippen LogP contribution in [0.4, 0.5) is 5.82 Å². The van der Waals surface area contributed by atoms with Crippen molar-refractivity contribution in [3.63, 3.8) is 0 Å². The number of anilines is 1. The summed E-state index contributed by atoms with van der Waals surface area (Å²) in [5, 5.41) is 11.1. The van der Waals surface area contributed by atoms with Crippen LogP contribution in [0.25, 0.3) is 21.9 Å². The van der Waals surface area contributed by atoms with E-state index in [1.165, 1.54) is 0 Å². The number of nitrogen functional groups attached to an aromatic ring is 1. The largest absolute Gasteiger partial charge is 0.389 e. The molecule has 0 fully saturated rings. The van der Waals surface area contributed by atoms with E-state index in [1.807, 2.05) is 35.8 Å². The normalized spacial score (nSPS) is 11.8. The number of hydrogen-bond donors (Lipinski definition) is 2. The highest BCUT2D eigenvalue weighted by Crippen LogP contribution is 2.29. The summed E-state index contributed by atoms with van der Waals surface area (Å²) in [4.78, 5) is 8.91. The van der Waals surface area contributed by atoms with E-state index in [1.54, 1.807) is 13.8 Å². The number of benzene rings is 1. The molecule has 0 spiro atoms. The minimum absolute atomic E-state index is 0. The molecule has 3 aromatic rings. The number of fused-ring (bicyclic) bond motifs is 3. The first-order valence-corrected chi connectivity index (χ1v) is 6.60. The molecule has 0 aliphatic heterocycles. The molecule has 3 rings (SSSR count). The number of pyridine rings is 1. The summed E-state index contributed by atoms with van der Waals surface area (Å²) in [7, 11) is 0. The number of halogens is 1. The standard InChI is InChI=1S/C15H18N4O.ClH/c1-9-17-12-13(19(9)8-15(2,3)20)10-6-4-5-7-11(10)18-14(12)16;/h4-7,20H,8H2,1-3H3,(H2,16,18);1H. The Hall–Kier alpha value is -1.85. The molecular weight excluding hydrogens is 288 g/mol. The van der Waals surface area contributed by atoms with Crippen LogP contribution < -0.4 is 5.73 Å². The number of nitrogens with zero attached hydrogens (tertiary/aromatic N) is 3. The molecule has 21 heavy (non-hydrogen) atoms. The van der Waals surface area contributed by atoms with Crippen molar-refractivity contribution in [3.8, 4) is 0 Å². The average Bonchev–Trinajstić information content (AvgIpc) is 2.66. The summed E-state index contributed by atoms with van der Waals surface area (Å²) in [5.74, 6) is 1.25. The van der Waals surface area contributed by atoms with Crippen molar-refractivity contribution in [2.24, 2.45) is 0 Å². The van der Waals surface area contributed by atoms with Crippen LogP contribution in [0.5, 0.6) is 0 Å². The molecule has 0 saturated carbocycles. The van der Waals surface area contributed by atoms with E-state index in [0.29, 0.717) is 17.9 Å². The summed E-state index contributed by atoms with van der Waals surface area (Å²) in [5.41, 5.74) is 7.68. The fourth-order valence-electron chi connectivity index (χ4n) is 2.55. The molecule has 0 bridgehead atoms. The van der Waals surface area contributed by atoms with E-state index < -0.39 is 5.60 Å². The van der Waals surface area contributed by atoms with Gasteiger partial charge in [0, 0.05) is 5.39 Å². The first-order valence-electron chi connectivity index (χ1n) is 6.60. The fourth-order valence-corrected chi connectivity index (χ4v) is 2.55. The van der Waals surface area contributed by atoms with Gasteiger partial charge in [-0.2, -0.15) is 0 Å². The predicted octanol–water partition coefficient (Wildman–Crippen LogP) is 2.67. The van der Waals surface area contributed by atoms with Crippen LogP contribution in [0.2, 0.25) is 0 Å². The van der Waals surface area contributed by atoms with Gasteiger partial charge in [0.1, 0.15) is 11.3 Å². The molecule has 112 valence electrons. The maximum absolute atomic E-state index is 10.1. The summed E-state index contributed by atoms with van der Waals surface area (Å²) >= 11 is 0. The van der Waals surface area contributed by atoms with Crippen LogP contribution in [-0.2, 0) is 6.54 Å². The van der Waals surface area contributed by atoms with Crippen molar-refractivity contribution in [1.82, 2.24) is 14.5 Å². The topological polar surface area (TPSA) is 77.0 Å². The minimum atomic E-state index is -0.822. The highest BCUT2D eigenvalue weighted by atomic mass is 35.5. The number of nitrogens with two attached hydrogens (primary N) is 1. The zero-order valence-corrected chi connectivity index (χ0v) is 13.1. The van der Waals surface area contributed by atoms with E-state index in [4.69, 9.17) is 5.73 Å². The lowest BCUT2D eigenvalue weighted by atomic mass is 10.1. The molecule has 0 atom stereocenters. The molecule has 5 nitrogen and oxygen atoms in total. The first-order chi connectivity index (χ1) is 9.37. The Morgan fingerprint density at radius 3 is 2.57 bits per heavy atom. The molecule has 1 aromatic carbocycles. The van der Waals surface area contributed by atoms with Gasteiger partial charge in [0.25, 0.3) is 0 Å². The lowest BCUT2D eigenvalue weighted by Gasteiger charge is -2.20.